The highest BCUT2D eigenvalue weighted by molar-refractivity contribution is 5.86. The second-order valence-corrected chi connectivity index (χ2v) is 13.5. The molecule has 3 nitrogen and oxygen atoms in total. The van der Waals surface area contributed by atoms with E-state index in [9.17, 15) is 4.79 Å². The summed E-state index contributed by atoms with van der Waals surface area (Å²) in [5.74, 6) is 8.58. The molecule has 3 unspecified atom stereocenters. The minimum atomic E-state index is 0.238. The lowest BCUT2D eigenvalue weighted by Crippen LogP contribution is -2.52. The smallest absolute Gasteiger partial charge is 0.155 e. The third-order valence-electron chi connectivity index (χ3n) is 12.0. The fourth-order valence-corrected chi connectivity index (χ4v) is 10.7. The molecule has 0 aromatic heterocycles. The van der Waals surface area contributed by atoms with E-state index in [2.05, 4.69) is 26.1 Å². The number of rotatable bonds is 5. The Kier molecular flexibility index (Phi) is 5.57. The molecule has 182 valence electrons. The second-order valence-electron chi connectivity index (χ2n) is 13.5. The van der Waals surface area contributed by atoms with Crippen molar-refractivity contribution in [1.29, 1.82) is 5.41 Å². The van der Waals surface area contributed by atoms with E-state index >= 15 is 0 Å². The summed E-state index contributed by atoms with van der Waals surface area (Å²) in [6, 6.07) is 0. The summed E-state index contributed by atoms with van der Waals surface area (Å²) in [5, 5.41) is 11.3. The predicted octanol–water partition coefficient (Wildman–Crippen LogP) is 6.63. The van der Waals surface area contributed by atoms with Gasteiger partial charge in [0.25, 0.3) is 0 Å². The molecule has 5 fully saturated rings. The van der Waals surface area contributed by atoms with Crippen molar-refractivity contribution in [3.05, 3.63) is 11.3 Å². The Bertz CT molecular complexity index is 846. The van der Waals surface area contributed by atoms with Crippen molar-refractivity contribution < 1.29 is 4.79 Å². The third kappa shape index (κ3) is 3.41. The van der Waals surface area contributed by atoms with E-state index in [4.69, 9.17) is 5.41 Å². The van der Waals surface area contributed by atoms with Crippen LogP contribution in [0.1, 0.15) is 91.4 Å². The molecule has 5 saturated carbocycles. The van der Waals surface area contributed by atoms with Crippen LogP contribution in [-0.2, 0) is 4.79 Å². The van der Waals surface area contributed by atoms with Crippen molar-refractivity contribution in [3.63, 3.8) is 0 Å². The van der Waals surface area contributed by atoms with Gasteiger partial charge in [-0.25, -0.2) is 0 Å². The molecule has 0 aromatic carbocycles. The van der Waals surface area contributed by atoms with Crippen molar-refractivity contribution in [2.24, 2.45) is 64.6 Å². The van der Waals surface area contributed by atoms with E-state index < -0.39 is 0 Å². The Morgan fingerprint density at radius 1 is 1.03 bits per heavy atom. The van der Waals surface area contributed by atoms with Crippen LogP contribution in [0.4, 0.5) is 0 Å². The van der Waals surface area contributed by atoms with Gasteiger partial charge in [0.2, 0.25) is 0 Å². The number of carbonyl (C=O) groups excluding carboxylic acids is 1. The van der Waals surface area contributed by atoms with Gasteiger partial charge < -0.3 is 10.7 Å². The van der Waals surface area contributed by atoms with E-state index in [0.29, 0.717) is 18.2 Å². The van der Waals surface area contributed by atoms with Crippen molar-refractivity contribution in [1.82, 2.24) is 5.32 Å². The van der Waals surface area contributed by atoms with Crippen LogP contribution in [0.3, 0.4) is 0 Å². The average molecular weight is 451 g/mol. The van der Waals surface area contributed by atoms with Gasteiger partial charge in [0.05, 0.1) is 6.54 Å². The summed E-state index contributed by atoms with van der Waals surface area (Å²) in [7, 11) is 0. The number of ketones is 1. The zero-order valence-corrected chi connectivity index (χ0v) is 21.2. The summed E-state index contributed by atoms with van der Waals surface area (Å²) in [4.78, 5) is 13.8. The summed E-state index contributed by atoms with van der Waals surface area (Å²) in [6.45, 7) is 7.96. The predicted molar refractivity (Wildman–Crippen MR) is 134 cm³/mol. The summed E-state index contributed by atoms with van der Waals surface area (Å²) >= 11 is 0. The Morgan fingerprint density at radius 3 is 2.64 bits per heavy atom. The van der Waals surface area contributed by atoms with Crippen LogP contribution in [0, 0.1) is 70.0 Å². The van der Waals surface area contributed by atoms with Crippen LogP contribution in [0.2, 0.25) is 0 Å². The zero-order chi connectivity index (χ0) is 22.9. The second kappa shape index (κ2) is 8.23. The van der Waals surface area contributed by atoms with Crippen LogP contribution >= 0.6 is 0 Å². The van der Waals surface area contributed by atoms with Gasteiger partial charge in [-0.05, 0) is 128 Å². The third-order valence-corrected chi connectivity index (χ3v) is 12.0. The number of nitrogens with one attached hydrogen (secondary N) is 2. The van der Waals surface area contributed by atoms with Gasteiger partial charge in [0.1, 0.15) is 0 Å². The zero-order valence-electron chi connectivity index (χ0n) is 21.2. The van der Waals surface area contributed by atoms with Crippen LogP contribution in [0.15, 0.2) is 11.3 Å². The Hall–Kier alpha value is -1.12. The molecule has 0 saturated heterocycles. The first-order valence-electron chi connectivity index (χ1n) is 14.4. The van der Waals surface area contributed by atoms with E-state index in [1.54, 1.807) is 0 Å². The quantitative estimate of drug-likeness (QED) is 0.462. The summed E-state index contributed by atoms with van der Waals surface area (Å²) in [6.07, 6.45) is 15.9. The summed E-state index contributed by atoms with van der Waals surface area (Å²) < 4.78 is 0. The molecule has 11 atom stereocenters. The Labute approximate surface area is 201 Å². The first-order chi connectivity index (χ1) is 15.9. The molecule has 0 bridgehead atoms. The molecule has 0 aliphatic heterocycles. The molecule has 2 N–H and O–H groups in total. The molecule has 6 aliphatic carbocycles. The topological polar surface area (TPSA) is 53.0 Å². The number of hydrogen-bond donors (Lipinski definition) is 2. The molecule has 0 spiro atoms. The highest BCUT2D eigenvalue weighted by atomic mass is 16.1. The van der Waals surface area contributed by atoms with Gasteiger partial charge in [-0.3, -0.25) is 4.79 Å². The highest BCUT2D eigenvalue weighted by Gasteiger charge is 2.73. The molecular formula is C30H46N2O. The maximum atomic E-state index is 13.8. The van der Waals surface area contributed by atoms with Crippen LogP contribution < -0.4 is 5.32 Å². The molecule has 0 heterocycles. The van der Waals surface area contributed by atoms with Gasteiger partial charge in [0.15, 0.2) is 5.78 Å². The van der Waals surface area contributed by atoms with Crippen molar-refractivity contribution in [3.8, 4) is 0 Å². The fourth-order valence-electron chi connectivity index (χ4n) is 10.7. The van der Waals surface area contributed by atoms with Crippen molar-refractivity contribution in [2.45, 2.75) is 91.4 Å². The van der Waals surface area contributed by atoms with Gasteiger partial charge in [0, 0.05) is 17.8 Å². The Balaban J connectivity index is 1.20. The lowest BCUT2D eigenvalue weighted by Gasteiger charge is -2.57. The molecule has 33 heavy (non-hydrogen) atoms. The Morgan fingerprint density at radius 2 is 1.82 bits per heavy atom. The van der Waals surface area contributed by atoms with Gasteiger partial charge in [-0.2, -0.15) is 0 Å². The fraction of sp³-hybridized carbons (Fsp3) is 0.867. The number of allylic oxidation sites excluding steroid dienone is 2. The SMILES string of the molecule is C[C@H]1CC[C@H]2C(CC[C@@H]3C2CC[C@@]2(C)C3[C@@H]3[C@H](C)[C@@H]3[C@@H]2C(=O)CNC2=C(C=N)CCCC2)C1. The minimum absolute atomic E-state index is 0.238. The molecule has 6 rings (SSSR count). The van der Waals surface area contributed by atoms with E-state index in [-0.39, 0.29) is 11.3 Å². The van der Waals surface area contributed by atoms with Crippen LogP contribution in [0.25, 0.3) is 0 Å². The minimum Gasteiger partial charge on any atom is -0.381 e. The standard InChI is InChI=1S/C30H46N2O/c1-17-8-10-21-19(14-17)9-11-23-22(21)12-13-30(3)28(23)26-18(2)27(26)29(30)25(33)16-32-24-7-5-4-6-20(24)15-31/h15,17-19,21-23,26-29,31-32H,4-14,16H2,1-3H3/t17-,18-,19?,21-,22?,23+,26+,27-,28?,29-,30-/m0/s1. The maximum absolute atomic E-state index is 13.8. The summed E-state index contributed by atoms with van der Waals surface area (Å²) in [5.41, 5.74) is 2.54. The van der Waals surface area contributed by atoms with E-state index in [0.717, 1.165) is 65.8 Å². The largest absolute Gasteiger partial charge is 0.381 e. The molecule has 0 amide bonds. The van der Waals surface area contributed by atoms with Gasteiger partial charge >= 0.3 is 0 Å². The van der Waals surface area contributed by atoms with Crippen molar-refractivity contribution in [2.75, 3.05) is 6.54 Å². The molecule has 6 aliphatic rings. The maximum Gasteiger partial charge on any atom is 0.155 e. The number of fused-ring (bicyclic) bond motifs is 7. The van der Waals surface area contributed by atoms with Gasteiger partial charge in [-0.15, -0.1) is 0 Å². The monoisotopic (exact) mass is 450 g/mol. The molecule has 0 radical (unpaired) electrons. The lowest BCUT2D eigenvalue weighted by atomic mass is 9.47. The van der Waals surface area contributed by atoms with Crippen LogP contribution in [-0.4, -0.2) is 18.5 Å². The first-order valence-corrected chi connectivity index (χ1v) is 14.4. The molecule has 3 heteroatoms. The van der Waals surface area contributed by atoms with Crippen LogP contribution in [0.5, 0.6) is 0 Å². The first kappa shape index (κ1) is 22.4. The number of Topliss-reactive ketones (excluding diaryl/α,β-unsaturated/α-hetero) is 1. The van der Waals surface area contributed by atoms with Gasteiger partial charge in [-0.1, -0.05) is 27.2 Å². The van der Waals surface area contributed by atoms with E-state index in [1.165, 1.54) is 69.7 Å². The highest BCUT2D eigenvalue weighted by Crippen LogP contribution is 2.76. The number of carbonyl (C=O) groups is 1. The molecular weight excluding hydrogens is 404 g/mol. The average Bonchev–Trinajstić information content (AvgIpc) is 3.34. The number of hydrogen-bond acceptors (Lipinski definition) is 3. The molecule has 0 aromatic rings. The lowest BCUT2D eigenvalue weighted by molar-refractivity contribution is -0.133. The van der Waals surface area contributed by atoms with E-state index in [1.807, 2.05) is 0 Å². The van der Waals surface area contributed by atoms with Crippen molar-refractivity contribution >= 4 is 12.0 Å². The normalized spacial score (nSPS) is 50.5.